The first kappa shape index (κ1) is 11.8. The predicted molar refractivity (Wildman–Crippen MR) is 72.7 cm³/mol. The normalized spacial score (nSPS) is 14.3. The van der Waals surface area contributed by atoms with Crippen molar-refractivity contribution in [3.05, 3.63) is 30.5 Å². The molecular formula is C14H15N3O2. The fourth-order valence-electron chi connectivity index (χ4n) is 2.01. The summed E-state index contributed by atoms with van der Waals surface area (Å²) in [6, 6.07) is 7.39. The molecule has 3 rings (SSSR count). The molecule has 2 aromatic rings. The Kier molecular flexibility index (Phi) is 2.95. The number of anilines is 1. The van der Waals surface area contributed by atoms with E-state index in [-0.39, 0.29) is 0 Å². The van der Waals surface area contributed by atoms with Crippen LogP contribution in [0.15, 0.2) is 30.5 Å². The Morgan fingerprint density at radius 3 is 2.84 bits per heavy atom. The molecule has 1 aromatic carbocycles. The van der Waals surface area contributed by atoms with Crippen molar-refractivity contribution < 1.29 is 9.59 Å². The van der Waals surface area contributed by atoms with Gasteiger partial charge in [0.25, 0.3) is 0 Å². The Hall–Kier alpha value is -2.30. The molecule has 2 amide bonds. The van der Waals surface area contributed by atoms with Crippen molar-refractivity contribution in [3.63, 3.8) is 0 Å². The molecule has 1 aromatic heterocycles. The molecule has 19 heavy (non-hydrogen) atoms. The molecule has 1 heterocycles. The Morgan fingerprint density at radius 2 is 2.05 bits per heavy atom. The van der Waals surface area contributed by atoms with Crippen molar-refractivity contribution in [1.82, 2.24) is 10.3 Å². The lowest BCUT2D eigenvalue weighted by molar-refractivity contribution is -0.136. The molecule has 0 saturated heterocycles. The summed E-state index contributed by atoms with van der Waals surface area (Å²) in [5.41, 5.74) is 1.57. The van der Waals surface area contributed by atoms with Gasteiger partial charge in [-0.3, -0.25) is 9.59 Å². The van der Waals surface area contributed by atoms with E-state index in [2.05, 4.69) is 15.6 Å². The van der Waals surface area contributed by atoms with E-state index in [0.717, 1.165) is 23.7 Å². The molecule has 0 spiro atoms. The van der Waals surface area contributed by atoms with E-state index in [4.69, 9.17) is 0 Å². The summed E-state index contributed by atoms with van der Waals surface area (Å²) in [5, 5.41) is 6.19. The van der Waals surface area contributed by atoms with Crippen molar-refractivity contribution in [1.29, 1.82) is 0 Å². The largest absolute Gasteiger partial charge is 0.361 e. The molecule has 0 bridgehead atoms. The molecule has 3 N–H and O–H groups in total. The van der Waals surface area contributed by atoms with Crippen molar-refractivity contribution in [2.75, 3.05) is 11.9 Å². The minimum absolute atomic E-state index is 0.560. The number of fused-ring (bicyclic) bond motifs is 1. The van der Waals surface area contributed by atoms with Crippen LogP contribution in [0, 0.1) is 5.92 Å². The van der Waals surface area contributed by atoms with Crippen molar-refractivity contribution in [2.24, 2.45) is 5.92 Å². The zero-order valence-electron chi connectivity index (χ0n) is 10.4. The number of aromatic nitrogens is 1. The summed E-state index contributed by atoms with van der Waals surface area (Å²) >= 11 is 0. The summed E-state index contributed by atoms with van der Waals surface area (Å²) < 4.78 is 0. The Morgan fingerprint density at radius 1 is 1.21 bits per heavy atom. The zero-order valence-corrected chi connectivity index (χ0v) is 10.4. The Bertz CT molecular complexity index is 628. The molecule has 1 saturated carbocycles. The van der Waals surface area contributed by atoms with Gasteiger partial charge in [-0.15, -0.1) is 0 Å². The number of hydrogen-bond acceptors (Lipinski definition) is 2. The minimum Gasteiger partial charge on any atom is -0.361 e. The van der Waals surface area contributed by atoms with Crippen LogP contribution in [0.1, 0.15) is 12.8 Å². The van der Waals surface area contributed by atoms with Gasteiger partial charge in [-0.05, 0) is 37.0 Å². The standard InChI is InChI=1S/C14H15N3O2/c18-13(16-8-9-4-5-9)14(19)17-12-3-1-2-11-10(12)6-7-15-11/h1-3,6-7,9,15H,4-5,8H2,(H,16,18)(H,17,19). The number of benzene rings is 1. The lowest BCUT2D eigenvalue weighted by atomic mass is 10.2. The lowest BCUT2D eigenvalue weighted by Crippen LogP contribution is -2.36. The summed E-state index contributed by atoms with van der Waals surface area (Å²) in [6.45, 7) is 0.598. The van der Waals surface area contributed by atoms with Gasteiger partial charge >= 0.3 is 11.8 Å². The molecule has 1 aliphatic carbocycles. The topological polar surface area (TPSA) is 74.0 Å². The first-order chi connectivity index (χ1) is 9.24. The van der Waals surface area contributed by atoms with E-state index >= 15 is 0 Å². The van der Waals surface area contributed by atoms with Crippen LogP contribution in [0.4, 0.5) is 5.69 Å². The summed E-state index contributed by atoms with van der Waals surface area (Å²) in [6.07, 6.45) is 4.09. The summed E-state index contributed by atoms with van der Waals surface area (Å²) in [5.74, 6) is -0.626. The van der Waals surface area contributed by atoms with Crippen LogP contribution in [-0.2, 0) is 9.59 Å². The van der Waals surface area contributed by atoms with E-state index in [9.17, 15) is 9.59 Å². The number of carbonyl (C=O) groups excluding carboxylic acids is 2. The maximum Gasteiger partial charge on any atom is 0.313 e. The molecule has 5 nitrogen and oxygen atoms in total. The number of aromatic amines is 1. The molecule has 0 radical (unpaired) electrons. The molecule has 0 unspecified atom stereocenters. The van der Waals surface area contributed by atoms with Crippen LogP contribution in [0.25, 0.3) is 10.9 Å². The molecule has 0 atom stereocenters. The maximum atomic E-state index is 11.8. The predicted octanol–water partition coefficient (Wildman–Crippen LogP) is 1.63. The van der Waals surface area contributed by atoms with Gasteiger partial charge in [-0.25, -0.2) is 0 Å². The number of H-pyrrole nitrogens is 1. The van der Waals surface area contributed by atoms with Gasteiger partial charge < -0.3 is 15.6 Å². The van der Waals surface area contributed by atoms with Gasteiger partial charge in [0, 0.05) is 23.6 Å². The second kappa shape index (κ2) is 4.76. The van der Waals surface area contributed by atoms with E-state index in [1.165, 1.54) is 0 Å². The number of amides is 2. The highest BCUT2D eigenvalue weighted by molar-refractivity contribution is 6.40. The maximum absolute atomic E-state index is 11.8. The molecule has 98 valence electrons. The van der Waals surface area contributed by atoms with Gasteiger partial charge in [0.2, 0.25) is 0 Å². The van der Waals surface area contributed by atoms with Crippen LogP contribution in [0.5, 0.6) is 0 Å². The third kappa shape index (κ3) is 2.59. The van der Waals surface area contributed by atoms with Gasteiger partial charge in [-0.2, -0.15) is 0 Å². The van der Waals surface area contributed by atoms with E-state index < -0.39 is 11.8 Å². The van der Waals surface area contributed by atoms with Gasteiger partial charge in [0.15, 0.2) is 0 Å². The fourth-order valence-corrected chi connectivity index (χ4v) is 2.01. The first-order valence-corrected chi connectivity index (χ1v) is 6.39. The fraction of sp³-hybridized carbons (Fsp3) is 0.286. The Labute approximate surface area is 110 Å². The Balaban J connectivity index is 1.67. The highest BCUT2D eigenvalue weighted by Crippen LogP contribution is 2.27. The van der Waals surface area contributed by atoms with Gasteiger partial charge in [0.05, 0.1) is 5.69 Å². The van der Waals surface area contributed by atoms with Crippen LogP contribution < -0.4 is 10.6 Å². The molecule has 1 aliphatic rings. The second-order valence-electron chi connectivity index (χ2n) is 4.85. The number of carbonyl (C=O) groups is 2. The van der Waals surface area contributed by atoms with E-state index in [0.29, 0.717) is 18.2 Å². The smallest absolute Gasteiger partial charge is 0.313 e. The highest BCUT2D eigenvalue weighted by atomic mass is 16.2. The van der Waals surface area contributed by atoms with Crippen molar-refractivity contribution >= 4 is 28.4 Å². The van der Waals surface area contributed by atoms with Crippen molar-refractivity contribution in [2.45, 2.75) is 12.8 Å². The SMILES string of the molecule is O=C(NCC1CC1)C(=O)Nc1cccc2[nH]ccc12. The molecule has 0 aliphatic heterocycles. The summed E-state index contributed by atoms with van der Waals surface area (Å²) in [7, 11) is 0. The first-order valence-electron chi connectivity index (χ1n) is 6.39. The van der Waals surface area contributed by atoms with Crippen LogP contribution in [0.3, 0.4) is 0 Å². The average Bonchev–Trinajstić information content (AvgIpc) is 3.11. The molecular weight excluding hydrogens is 242 g/mol. The monoisotopic (exact) mass is 257 g/mol. The highest BCUT2D eigenvalue weighted by Gasteiger charge is 2.23. The van der Waals surface area contributed by atoms with E-state index in [1.807, 2.05) is 18.2 Å². The van der Waals surface area contributed by atoms with Crippen molar-refractivity contribution in [3.8, 4) is 0 Å². The molecule has 5 heteroatoms. The number of hydrogen-bond donors (Lipinski definition) is 3. The third-order valence-corrected chi connectivity index (χ3v) is 3.30. The number of nitrogens with one attached hydrogen (secondary N) is 3. The minimum atomic E-state index is -0.616. The van der Waals surface area contributed by atoms with Crippen LogP contribution >= 0.6 is 0 Å². The summed E-state index contributed by atoms with van der Waals surface area (Å²) in [4.78, 5) is 26.5. The van der Waals surface area contributed by atoms with Crippen LogP contribution in [0.2, 0.25) is 0 Å². The lowest BCUT2D eigenvalue weighted by Gasteiger charge is -2.07. The average molecular weight is 257 g/mol. The quantitative estimate of drug-likeness (QED) is 0.731. The zero-order chi connectivity index (χ0) is 13.2. The van der Waals surface area contributed by atoms with E-state index in [1.54, 1.807) is 12.3 Å². The third-order valence-electron chi connectivity index (χ3n) is 3.30. The van der Waals surface area contributed by atoms with Crippen LogP contribution in [-0.4, -0.2) is 23.3 Å². The number of rotatable bonds is 3. The van der Waals surface area contributed by atoms with Gasteiger partial charge in [-0.1, -0.05) is 6.07 Å². The van der Waals surface area contributed by atoms with Gasteiger partial charge in [0.1, 0.15) is 0 Å². The molecule has 1 fully saturated rings. The second-order valence-corrected chi connectivity index (χ2v) is 4.85.